The van der Waals surface area contributed by atoms with Crippen LogP contribution in [-0.4, -0.2) is 22.4 Å². The van der Waals surface area contributed by atoms with Crippen molar-refractivity contribution in [1.29, 1.82) is 0 Å². The molecule has 0 saturated carbocycles. The summed E-state index contributed by atoms with van der Waals surface area (Å²) in [5.74, 6) is -0.530. The van der Waals surface area contributed by atoms with Crippen LogP contribution >= 0.6 is 37.2 Å². The maximum Gasteiger partial charge on any atom is 0.272 e. The smallest absolute Gasteiger partial charge is 0.267 e. The van der Waals surface area contributed by atoms with Crippen molar-refractivity contribution in [3.05, 3.63) is 70.8 Å². The Morgan fingerprint density at radius 1 is 0.815 bits per heavy atom. The minimum atomic E-state index is -0.554. The standard InChI is InChI=1S/C20H24N2O2.3ClH/c1-14-9-11-16(12-10-14)18(23)21-22(20(3,4)5)19(24)17-8-6-7-15(2)13-17;;;/h6-13H,1-5H3,(H,21,23);3*1H. The molecule has 0 radical (unpaired) electrons. The van der Waals surface area contributed by atoms with Crippen LogP contribution in [0.15, 0.2) is 48.5 Å². The normalized spacial score (nSPS) is 9.81. The number of hydrogen-bond donors (Lipinski definition) is 1. The number of nitrogens with one attached hydrogen (secondary N) is 1. The second-order valence-corrected chi connectivity index (χ2v) is 6.99. The Bertz CT molecular complexity index is 757. The molecule has 2 amide bonds. The third-order valence-corrected chi connectivity index (χ3v) is 3.67. The van der Waals surface area contributed by atoms with Crippen LogP contribution in [0.2, 0.25) is 0 Å². The van der Waals surface area contributed by atoms with Gasteiger partial charge >= 0.3 is 0 Å². The van der Waals surface area contributed by atoms with E-state index >= 15 is 0 Å². The number of hydrazine groups is 1. The largest absolute Gasteiger partial charge is 0.272 e. The van der Waals surface area contributed by atoms with Crippen LogP contribution in [-0.2, 0) is 0 Å². The van der Waals surface area contributed by atoms with Crippen molar-refractivity contribution < 1.29 is 9.59 Å². The summed E-state index contributed by atoms with van der Waals surface area (Å²) in [6, 6.07) is 14.6. The number of hydrogen-bond acceptors (Lipinski definition) is 2. The summed E-state index contributed by atoms with van der Waals surface area (Å²) in [7, 11) is 0. The van der Waals surface area contributed by atoms with Gasteiger partial charge in [0.25, 0.3) is 11.8 Å². The maximum atomic E-state index is 12.9. The van der Waals surface area contributed by atoms with E-state index in [0.29, 0.717) is 11.1 Å². The van der Waals surface area contributed by atoms with Gasteiger partial charge in [0.15, 0.2) is 0 Å². The van der Waals surface area contributed by atoms with Gasteiger partial charge in [0.05, 0.1) is 5.54 Å². The number of halogens is 3. The van der Waals surface area contributed by atoms with Crippen molar-refractivity contribution in [2.24, 2.45) is 0 Å². The van der Waals surface area contributed by atoms with E-state index in [4.69, 9.17) is 0 Å². The SMILES string of the molecule is Cc1ccc(C(=O)NN(C(=O)c2cccc(C)c2)C(C)(C)C)cc1.Cl.Cl.Cl. The van der Waals surface area contributed by atoms with Gasteiger partial charge in [-0.2, -0.15) is 0 Å². The topological polar surface area (TPSA) is 49.4 Å². The molecule has 0 unspecified atom stereocenters. The highest BCUT2D eigenvalue weighted by atomic mass is 35.5. The van der Waals surface area contributed by atoms with E-state index < -0.39 is 5.54 Å². The van der Waals surface area contributed by atoms with Crippen LogP contribution in [0, 0.1) is 13.8 Å². The van der Waals surface area contributed by atoms with Crippen LogP contribution in [0.5, 0.6) is 0 Å². The first-order valence-corrected chi connectivity index (χ1v) is 7.97. The Morgan fingerprint density at radius 3 is 1.85 bits per heavy atom. The number of aryl methyl sites for hydroxylation is 2. The van der Waals surface area contributed by atoms with Gasteiger partial charge in [0.2, 0.25) is 0 Å². The van der Waals surface area contributed by atoms with Crippen LogP contribution in [0.3, 0.4) is 0 Å². The molecule has 0 fully saturated rings. The molecular weight excluding hydrogens is 407 g/mol. The molecule has 0 bridgehead atoms. The van der Waals surface area contributed by atoms with Crippen molar-refractivity contribution >= 4 is 49.0 Å². The molecule has 0 aromatic heterocycles. The van der Waals surface area contributed by atoms with Crippen LogP contribution in [0.1, 0.15) is 52.6 Å². The van der Waals surface area contributed by atoms with Gasteiger partial charge < -0.3 is 0 Å². The van der Waals surface area contributed by atoms with E-state index in [9.17, 15) is 9.59 Å². The van der Waals surface area contributed by atoms with Gasteiger partial charge in [0, 0.05) is 11.1 Å². The molecule has 0 spiro atoms. The molecule has 2 rings (SSSR count). The Hall–Kier alpha value is -1.75. The Balaban J connectivity index is 0. The van der Waals surface area contributed by atoms with Gasteiger partial charge in [-0.25, -0.2) is 5.01 Å². The van der Waals surface area contributed by atoms with Crippen molar-refractivity contribution in [1.82, 2.24) is 10.4 Å². The molecular formula is C20H27Cl3N2O2. The lowest BCUT2D eigenvalue weighted by atomic mass is 10.1. The number of nitrogens with zero attached hydrogens (tertiary/aromatic N) is 1. The highest BCUT2D eigenvalue weighted by Crippen LogP contribution is 2.16. The Morgan fingerprint density at radius 2 is 1.37 bits per heavy atom. The first kappa shape index (κ1) is 27.5. The van der Waals surface area contributed by atoms with Crippen molar-refractivity contribution in [3.63, 3.8) is 0 Å². The Kier molecular flexibility index (Phi) is 11.4. The van der Waals surface area contributed by atoms with Crippen molar-refractivity contribution in [2.45, 2.75) is 40.2 Å². The second kappa shape index (κ2) is 11.2. The molecule has 0 aliphatic heterocycles. The van der Waals surface area contributed by atoms with Gasteiger partial charge in [-0.1, -0.05) is 35.4 Å². The van der Waals surface area contributed by atoms with Crippen LogP contribution in [0.4, 0.5) is 0 Å². The fourth-order valence-corrected chi connectivity index (χ4v) is 2.30. The number of benzene rings is 2. The zero-order chi connectivity index (χ0) is 17.9. The van der Waals surface area contributed by atoms with Crippen molar-refractivity contribution in [3.8, 4) is 0 Å². The highest BCUT2D eigenvalue weighted by molar-refractivity contribution is 5.99. The molecule has 2 aromatic rings. The molecule has 0 aliphatic carbocycles. The van der Waals surface area contributed by atoms with Gasteiger partial charge in [-0.15, -0.1) is 37.2 Å². The first-order valence-electron chi connectivity index (χ1n) is 7.97. The predicted octanol–water partition coefficient (Wildman–Crippen LogP) is 5.15. The third kappa shape index (κ3) is 7.41. The monoisotopic (exact) mass is 432 g/mol. The van der Waals surface area contributed by atoms with Gasteiger partial charge in [0.1, 0.15) is 0 Å². The van der Waals surface area contributed by atoms with E-state index in [2.05, 4.69) is 5.43 Å². The van der Waals surface area contributed by atoms with E-state index in [0.717, 1.165) is 11.1 Å². The van der Waals surface area contributed by atoms with E-state index in [-0.39, 0.29) is 49.0 Å². The molecule has 0 aliphatic rings. The fraction of sp³-hybridized carbons (Fsp3) is 0.300. The quantitative estimate of drug-likeness (QED) is 0.665. The molecule has 27 heavy (non-hydrogen) atoms. The average molecular weight is 434 g/mol. The minimum absolute atomic E-state index is 0. The van der Waals surface area contributed by atoms with Crippen molar-refractivity contribution in [2.75, 3.05) is 0 Å². The van der Waals surface area contributed by atoms with Crippen LogP contribution < -0.4 is 5.43 Å². The summed E-state index contributed by atoms with van der Waals surface area (Å²) in [6.45, 7) is 9.55. The zero-order valence-electron chi connectivity index (χ0n) is 16.1. The van der Waals surface area contributed by atoms with Gasteiger partial charge in [-0.3, -0.25) is 15.0 Å². The molecule has 4 nitrogen and oxygen atoms in total. The molecule has 150 valence electrons. The minimum Gasteiger partial charge on any atom is -0.267 e. The molecule has 0 atom stereocenters. The summed E-state index contributed by atoms with van der Waals surface area (Å²) in [5, 5.41) is 1.39. The predicted molar refractivity (Wildman–Crippen MR) is 117 cm³/mol. The van der Waals surface area contributed by atoms with Gasteiger partial charge in [-0.05, 0) is 58.9 Å². The molecule has 0 heterocycles. The third-order valence-electron chi connectivity index (χ3n) is 3.67. The fourth-order valence-electron chi connectivity index (χ4n) is 2.30. The molecule has 7 heteroatoms. The summed E-state index contributed by atoms with van der Waals surface area (Å²) in [6.07, 6.45) is 0. The number of carbonyl (C=O) groups is 2. The summed E-state index contributed by atoms with van der Waals surface area (Å²) < 4.78 is 0. The number of carbonyl (C=O) groups excluding carboxylic acids is 2. The Labute approximate surface area is 179 Å². The lowest BCUT2D eigenvalue weighted by Crippen LogP contribution is -2.55. The average Bonchev–Trinajstić information content (AvgIpc) is 2.51. The van der Waals surface area contributed by atoms with E-state index in [1.165, 1.54) is 5.01 Å². The second-order valence-electron chi connectivity index (χ2n) is 6.99. The number of rotatable bonds is 2. The van der Waals surface area contributed by atoms with Crippen LogP contribution in [0.25, 0.3) is 0 Å². The highest BCUT2D eigenvalue weighted by Gasteiger charge is 2.29. The lowest BCUT2D eigenvalue weighted by molar-refractivity contribution is 0.0358. The lowest BCUT2D eigenvalue weighted by Gasteiger charge is -2.35. The molecule has 2 aromatic carbocycles. The summed E-state index contributed by atoms with van der Waals surface area (Å²) in [5.41, 5.74) is 5.35. The molecule has 1 N–H and O–H groups in total. The number of amides is 2. The van der Waals surface area contributed by atoms with E-state index in [1.807, 2.05) is 65.0 Å². The summed E-state index contributed by atoms with van der Waals surface area (Å²) >= 11 is 0. The molecule has 0 saturated heterocycles. The van der Waals surface area contributed by atoms with E-state index in [1.54, 1.807) is 18.2 Å². The zero-order valence-corrected chi connectivity index (χ0v) is 18.6. The maximum absolute atomic E-state index is 12.9. The first-order chi connectivity index (χ1) is 11.2. The summed E-state index contributed by atoms with van der Waals surface area (Å²) in [4.78, 5) is 25.4.